The van der Waals surface area contributed by atoms with Gasteiger partial charge in [-0.05, 0) is 54.2 Å². The zero-order valence-electron chi connectivity index (χ0n) is 18.4. The molecule has 0 spiro atoms. The lowest BCUT2D eigenvalue weighted by Gasteiger charge is -2.52. The van der Waals surface area contributed by atoms with Gasteiger partial charge in [-0.25, -0.2) is 0 Å². The highest BCUT2D eigenvalue weighted by Crippen LogP contribution is 2.52. The van der Waals surface area contributed by atoms with E-state index in [0.29, 0.717) is 22.9 Å². The topological polar surface area (TPSA) is 40.5 Å². The van der Waals surface area contributed by atoms with Crippen LogP contribution in [-0.4, -0.2) is 28.6 Å². The van der Waals surface area contributed by atoms with Gasteiger partial charge in [0, 0.05) is 16.0 Å². The fourth-order valence-corrected chi connectivity index (χ4v) is 5.20. The maximum absolute atomic E-state index is 14.0. The predicted octanol–water partition coefficient (Wildman–Crippen LogP) is 6.65. The van der Waals surface area contributed by atoms with E-state index < -0.39 is 5.41 Å². The number of piperidine rings is 1. The van der Waals surface area contributed by atoms with Gasteiger partial charge in [0.05, 0.1) is 24.1 Å². The van der Waals surface area contributed by atoms with Gasteiger partial charge in [0.15, 0.2) is 0 Å². The summed E-state index contributed by atoms with van der Waals surface area (Å²) in [5, 5.41) is 11.6. The molecule has 166 valence electrons. The smallest absolute Gasteiger partial charge is 0.229 e. The van der Waals surface area contributed by atoms with Gasteiger partial charge in [-0.2, -0.15) is 0 Å². The van der Waals surface area contributed by atoms with Gasteiger partial charge in [-0.15, -0.1) is 6.58 Å². The van der Waals surface area contributed by atoms with E-state index in [1.807, 2.05) is 74.2 Å². The minimum Gasteiger partial charge on any atom is -0.394 e. The monoisotopic (exact) mass is 459 g/mol. The van der Waals surface area contributed by atoms with Gasteiger partial charge < -0.3 is 10.0 Å². The number of amides is 1. The highest BCUT2D eigenvalue weighted by atomic mass is 35.5. The number of halogens is 2. The van der Waals surface area contributed by atoms with Crippen molar-refractivity contribution in [3.05, 3.63) is 82.4 Å². The Morgan fingerprint density at radius 1 is 1.16 bits per heavy atom. The maximum atomic E-state index is 14.0. The van der Waals surface area contributed by atoms with E-state index in [-0.39, 0.29) is 36.4 Å². The molecule has 5 heteroatoms. The molecule has 1 aliphatic heterocycles. The summed E-state index contributed by atoms with van der Waals surface area (Å²) in [6.07, 6.45) is 3.05. The lowest BCUT2D eigenvalue weighted by atomic mass is 9.66. The first-order chi connectivity index (χ1) is 14.7. The molecule has 0 radical (unpaired) electrons. The molecule has 0 bridgehead atoms. The second-order valence-electron chi connectivity index (χ2n) is 9.12. The fourth-order valence-electron chi connectivity index (χ4n) is 4.87. The van der Waals surface area contributed by atoms with Crippen LogP contribution in [0.4, 0.5) is 0 Å². The third-order valence-electron chi connectivity index (χ3n) is 6.50. The third kappa shape index (κ3) is 4.84. The van der Waals surface area contributed by atoms with Crippen LogP contribution in [0.3, 0.4) is 0 Å². The average molecular weight is 460 g/mol. The van der Waals surface area contributed by atoms with Crippen molar-refractivity contribution in [2.24, 2.45) is 11.3 Å². The van der Waals surface area contributed by atoms with Crippen LogP contribution < -0.4 is 0 Å². The molecule has 31 heavy (non-hydrogen) atoms. The maximum Gasteiger partial charge on any atom is 0.229 e. The summed E-state index contributed by atoms with van der Waals surface area (Å²) in [5.74, 6) is 0.156. The molecule has 1 N–H and O–H groups in total. The van der Waals surface area contributed by atoms with E-state index in [2.05, 4.69) is 12.6 Å². The Kier molecular flexibility index (Phi) is 7.51. The molecule has 2 aromatic carbocycles. The van der Waals surface area contributed by atoms with Crippen molar-refractivity contribution in [2.45, 2.75) is 51.6 Å². The number of aliphatic hydroxyl groups excluding tert-OH is 1. The van der Waals surface area contributed by atoms with Crippen LogP contribution in [-0.2, 0) is 4.79 Å². The fraction of sp³-hybridized carbons (Fsp3) is 0.423. The van der Waals surface area contributed by atoms with Crippen LogP contribution in [0.2, 0.25) is 10.0 Å². The zero-order valence-corrected chi connectivity index (χ0v) is 19.9. The van der Waals surface area contributed by atoms with Gasteiger partial charge in [0.25, 0.3) is 0 Å². The number of likely N-dealkylation sites (tertiary alicyclic amines) is 1. The zero-order chi connectivity index (χ0) is 22.8. The van der Waals surface area contributed by atoms with Crippen LogP contribution in [0.15, 0.2) is 61.2 Å². The van der Waals surface area contributed by atoms with E-state index in [0.717, 1.165) is 11.1 Å². The van der Waals surface area contributed by atoms with Crippen molar-refractivity contribution < 1.29 is 9.90 Å². The molecule has 0 aromatic heterocycles. The molecule has 3 unspecified atom stereocenters. The molecule has 1 heterocycles. The first-order valence-corrected chi connectivity index (χ1v) is 11.5. The number of carbonyl (C=O) groups is 1. The van der Waals surface area contributed by atoms with Gasteiger partial charge in [0.1, 0.15) is 0 Å². The summed E-state index contributed by atoms with van der Waals surface area (Å²) in [6.45, 7) is 9.90. The van der Waals surface area contributed by atoms with Gasteiger partial charge in [-0.1, -0.05) is 74.3 Å². The number of allylic oxidation sites excluding steroid dienone is 1. The predicted molar refractivity (Wildman–Crippen MR) is 128 cm³/mol. The Bertz CT molecular complexity index is 927. The highest BCUT2D eigenvalue weighted by molar-refractivity contribution is 6.30. The Balaban J connectivity index is 2.24. The number of hydrogen-bond donors (Lipinski definition) is 1. The van der Waals surface area contributed by atoms with Gasteiger partial charge in [0.2, 0.25) is 5.91 Å². The summed E-state index contributed by atoms with van der Waals surface area (Å²) in [7, 11) is 0. The molecule has 2 aromatic rings. The van der Waals surface area contributed by atoms with E-state index >= 15 is 0 Å². The van der Waals surface area contributed by atoms with E-state index in [1.54, 1.807) is 0 Å². The molecule has 4 atom stereocenters. The van der Waals surface area contributed by atoms with Crippen molar-refractivity contribution in [3.63, 3.8) is 0 Å². The Hall–Kier alpha value is -1.81. The number of nitrogens with zero attached hydrogens (tertiary/aromatic N) is 1. The molecule has 3 nitrogen and oxygen atoms in total. The minimum atomic E-state index is -0.611. The summed E-state index contributed by atoms with van der Waals surface area (Å²) in [6, 6.07) is 15.0. The SMILES string of the molecule is C=CCC1(C)CC(c2cccc(Cl)c2)C(c2ccc(Cl)cc2)N([C@H](CO)C(C)C)C1=O. The standard InChI is InChI=1S/C26H31Cl2NO2/c1-5-13-26(4)15-22(19-7-6-8-21(28)14-19)24(18-9-11-20(27)12-10-18)29(25(26)31)23(16-30)17(2)3/h5-12,14,17,22-24,30H,1,13,15-16H2,2-4H3/t22?,23-,24?,26?/m1/s1. The third-order valence-corrected chi connectivity index (χ3v) is 6.99. The molecule has 0 aliphatic carbocycles. The van der Waals surface area contributed by atoms with Crippen molar-refractivity contribution in [1.29, 1.82) is 0 Å². The quantitative estimate of drug-likeness (QED) is 0.470. The molecular weight excluding hydrogens is 429 g/mol. The Labute approximate surface area is 195 Å². The first-order valence-electron chi connectivity index (χ1n) is 10.8. The number of carbonyl (C=O) groups excluding carboxylic acids is 1. The Morgan fingerprint density at radius 3 is 2.39 bits per heavy atom. The van der Waals surface area contributed by atoms with E-state index in [1.165, 1.54) is 0 Å². The lowest BCUT2D eigenvalue weighted by Crippen LogP contribution is -2.57. The van der Waals surface area contributed by atoms with Crippen molar-refractivity contribution in [1.82, 2.24) is 4.90 Å². The van der Waals surface area contributed by atoms with Crippen LogP contribution in [0.5, 0.6) is 0 Å². The molecule has 1 amide bonds. The van der Waals surface area contributed by atoms with Gasteiger partial charge >= 0.3 is 0 Å². The van der Waals surface area contributed by atoms with Crippen LogP contribution >= 0.6 is 23.2 Å². The number of aliphatic hydroxyl groups is 1. The highest BCUT2D eigenvalue weighted by Gasteiger charge is 2.51. The minimum absolute atomic E-state index is 0.00956. The van der Waals surface area contributed by atoms with Crippen LogP contribution in [0, 0.1) is 11.3 Å². The van der Waals surface area contributed by atoms with Crippen LogP contribution in [0.1, 0.15) is 56.7 Å². The normalized spacial score (nSPS) is 25.0. The molecule has 1 saturated heterocycles. The number of rotatable bonds is 7. The van der Waals surface area contributed by atoms with Crippen molar-refractivity contribution in [3.8, 4) is 0 Å². The number of hydrogen-bond acceptors (Lipinski definition) is 2. The van der Waals surface area contributed by atoms with Crippen LogP contribution in [0.25, 0.3) is 0 Å². The number of benzene rings is 2. The van der Waals surface area contributed by atoms with Gasteiger partial charge in [-0.3, -0.25) is 4.79 Å². The molecule has 1 fully saturated rings. The molecule has 1 aliphatic rings. The molecular formula is C26H31Cl2NO2. The second kappa shape index (κ2) is 9.77. The molecule has 3 rings (SSSR count). The van der Waals surface area contributed by atoms with E-state index in [4.69, 9.17) is 23.2 Å². The second-order valence-corrected chi connectivity index (χ2v) is 9.99. The van der Waals surface area contributed by atoms with Crippen molar-refractivity contribution in [2.75, 3.05) is 6.61 Å². The first kappa shape index (κ1) is 23.8. The average Bonchev–Trinajstić information content (AvgIpc) is 2.72. The summed E-state index contributed by atoms with van der Waals surface area (Å²) >= 11 is 12.5. The van der Waals surface area contributed by atoms with Crippen molar-refractivity contribution >= 4 is 29.1 Å². The Morgan fingerprint density at radius 2 is 1.84 bits per heavy atom. The summed E-state index contributed by atoms with van der Waals surface area (Å²) in [4.78, 5) is 15.9. The summed E-state index contributed by atoms with van der Waals surface area (Å²) < 4.78 is 0. The van der Waals surface area contributed by atoms with E-state index in [9.17, 15) is 9.90 Å². The largest absolute Gasteiger partial charge is 0.394 e. The lowest BCUT2D eigenvalue weighted by molar-refractivity contribution is -0.157. The summed E-state index contributed by atoms with van der Waals surface area (Å²) in [5.41, 5.74) is 1.48. The molecule has 0 saturated carbocycles.